The number of para-hydroxylation sites is 1. The second-order valence-electron chi connectivity index (χ2n) is 20.2. The molecule has 3 heterocycles. The van der Waals surface area contributed by atoms with Gasteiger partial charge in [-0.05, 0) is 68.6 Å². The topological polar surface area (TPSA) is 479 Å². The molecular formula is C53H76N18O11. The lowest BCUT2D eigenvalue weighted by atomic mass is 10.0. The van der Waals surface area contributed by atoms with Gasteiger partial charge in [-0.25, -0.2) is 0 Å². The third kappa shape index (κ3) is 20.4. The van der Waals surface area contributed by atoms with Crippen molar-refractivity contribution in [2.45, 2.75) is 139 Å². The van der Waals surface area contributed by atoms with Crippen LogP contribution in [0.3, 0.4) is 0 Å². The Bertz CT molecular complexity index is 2810. The lowest BCUT2D eigenvalue weighted by molar-refractivity contribution is -0.144. The van der Waals surface area contributed by atoms with Crippen LogP contribution >= 0.6 is 0 Å². The van der Waals surface area contributed by atoms with Gasteiger partial charge in [-0.15, -0.1) is 0 Å². The zero-order valence-corrected chi connectivity index (χ0v) is 45.7. The number of aromatic amines is 1. The van der Waals surface area contributed by atoms with E-state index >= 15 is 0 Å². The van der Waals surface area contributed by atoms with Gasteiger partial charge in [0, 0.05) is 75.9 Å². The SMILES string of the molecule is CC(=O)N1C[C@H](CC(=O)N[C@H]2CC(=O)NCCCC[C@@H](C(N)=O)NC(=O)[C@H](Cc3c[nH]c4ccccc34)NC(=O)[C@H](CCCNC(=N)N)NC(=O)[C@@H](Cc3ccccc3)NC(=O)[C@H](CCC(N)=O)NC2=O)NC(=O)[C@@H]1CCCNC(=N)N. The molecule has 2 aromatic carbocycles. The van der Waals surface area contributed by atoms with Gasteiger partial charge in [0.05, 0.1) is 12.5 Å². The number of H-pyrrole nitrogens is 1. The number of piperazine rings is 1. The number of benzene rings is 2. The maximum atomic E-state index is 14.7. The molecule has 0 unspecified atom stereocenters. The molecule has 0 saturated carbocycles. The molecular weight excluding hydrogens is 1060 g/mol. The van der Waals surface area contributed by atoms with Crippen LogP contribution in [-0.4, -0.2) is 161 Å². The zero-order chi connectivity index (χ0) is 59.9. The lowest BCUT2D eigenvalue weighted by Crippen LogP contribution is -2.62. The van der Waals surface area contributed by atoms with Crippen LogP contribution in [0.25, 0.3) is 10.9 Å². The first kappa shape index (κ1) is 63.5. The van der Waals surface area contributed by atoms with E-state index in [2.05, 4.69) is 58.2 Å². The molecule has 0 radical (unpaired) electrons. The molecule has 444 valence electrons. The van der Waals surface area contributed by atoms with Crippen molar-refractivity contribution in [3.63, 3.8) is 0 Å². The van der Waals surface area contributed by atoms with E-state index in [9.17, 15) is 52.7 Å². The third-order valence-corrected chi connectivity index (χ3v) is 13.8. The van der Waals surface area contributed by atoms with Gasteiger partial charge in [-0.2, -0.15) is 0 Å². The van der Waals surface area contributed by atoms with Gasteiger partial charge >= 0.3 is 0 Å². The number of fused-ring (bicyclic) bond motifs is 1. The highest BCUT2D eigenvalue weighted by Crippen LogP contribution is 2.21. The van der Waals surface area contributed by atoms with E-state index in [0.717, 1.165) is 10.9 Å². The summed E-state index contributed by atoms with van der Waals surface area (Å²) in [6.07, 6.45) is 0.320. The number of aromatic nitrogens is 1. The Morgan fingerprint density at radius 2 is 1.24 bits per heavy atom. The summed E-state index contributed by atoms with van der Waals surface area (Å²) in [5, 5.41) is 42.2. The fraction of sp³-hybridized carbons (Fsp3) is 0.491. The van der Waals surface area contributed by atoms with Crippen LogP contribution in [-0.2, 0) is 65.6 Å². The van der Waals surface area contributed by atoms with Crippen LogP contribution in [0.2, 0.25) is 0 Å². The van der Waals surface area contributed by atoms with Crippen LogP contribution < -0.4 is 76.1 Å². The molecule has 29 nitrogen and oxygen atoms in total. The van der Waals surface area contributed by atoms with Gasteiger partial charge in [-0.1, -0.05) is 48.5 Å². The number of amides is 11. The monoisotopic (exact) mass is 1140 g/mol. The van der Waals surface area contributed by atoms with Gasteiger partial charge in [0.2, 0.25) is 65.0 Å². The Hall–Kier alpha value is -9.31. The largest absolute Gasteiger partial charge is 0.370 e. The Morgan fingerprint density at radius 3 is 1.89 bits per heavy atom. The highest BCUT2D eigenvalue weighted by atomic mass is 16.2. The second kappa shape index (κ2) is 31.5. The standard InChI is InChI=1S/C53H76N18O11/c1-29(72)71-28-32(64-51(82)41(71)17-10-22-62-53(58)59)25-44(75)65-40-26-43(74)60-20-8-7-15-35(45(55)76)66-49(80)39(24-31-27-63-34-14-6-5-13-33(31)34)70-46(77)36(16-9-21-61-52(56)57)67-48(79)38(23-30-11-3-2-4-12-30)69-47(78)37(68-50(40)81)18-19-42(54)73/h2-6,11-14,27,32,35-41,63H,7-10,15-26,28H2,1H3,(H2,54,73)(H2,55,76)(H,60,74)(H,64,82)(H,65,75)(H,66,80)(H,67,79)(H,68,81)(H,69,78)(H,70,77)(H4,56,57,61)(H4,58,59,62)/t32-,35-,36-,37-,38+,39-,40-,41-/m0/s1. The second-order valence-corrected chi connectivity index (χ2v) is 20.2. The average Bonchev–Trinajstić information content (AvgIpc) is 3.98. The number of nitrogens with one attached hydrogen (secondary N) is 13. The van der Waals surface area contributed by atoms with Gasteiger partial charge in [0.15, 0.2) is 11.9 Å². The quantitative estimate of drug-likeness (QED) is 0.0309. The Kier molecular flexibility index (Phi) is 24.4. The summed E-state index contributed by atoms with van der Waals surface area (Å²) in [6.45, 7) is 1.48. The van der Waals surface area contributed by atoms with Gasteiger partial charge in [-0.3, -0.25) is 63.6 Å². The molecule has 1 aromatic heterocycles. The van der Waals surface area contributed by atoms with E-state index < -0.39 is 139 Å². The molecule has 21 N–H and O–H groups in total. The van der Waals surface area contributed by atoms with Crippen molar-refractivity contribution >= 4 is 87.8 Å². The number of carbonyl (C=O) groups is 11. The van der Waals surface area contributed by atoms with Gasteiger partial charge in [0.25, 0.3) is 0 Å². The predicted octanol–water partition coefficient (Wildman–Crippen LogP) is -4.06. The Balaban J connectivity index is 1.48. The molecule has 0 spiro atoms. The molecule has 8 atom stereocenters. The van der Waals surface area contributed by atoms with Gasteiger partial charge in [0.1, 0.15) is 42.3 Å². The minimum Gasteiger partial charge on any atom is -0.370 e. The molecule has 2 fully saturated rings. The number of hydrogen-bond donors (Lipinski definition) is 17. The lowest BCUT2D eigenvalue weighted by Gasteiger charge is -2.39. The number of primary amides is 2. The summed E-state index contributed by atoms with van der Waals surface area (Å²) >= 11 is 0. The van der Waals surface area contributed by atoms with Crippen molar-refractivity contribution < 1.29 is 52.7 Å². The number of guanidine groups is 2. The number of carbonyl (C=O) groups excluding carboxylic acids is 11. The van der Waals surface area contributed by atoms with Gasteiger partial charge < -0.3 is 86.0 Å². The highest BCUT2D eigenvalue weighted by Gasteiger charge is 2.38. The molecule has 0 bridgehead atoms. The summed E-state index contributed by atoms with van der Waals surface area (Å²) < 4.78 is 0. The maximum absolute atomic E-state index is 14.7. The minimum absolute atomic E-state index is 0.0132. The normalized spacial score (nSPS) is 22.8. The first-order valence-corrected chi connectivity index (χ1v) is 27.1. The minimum atomic E-state index is -1.71. The number of nitrogens with two attached hydrogens (primary N) is 4. The van der Waals surface area contributed by atoms with Crippen molar-refractivity contribution in [2.75, 3.05) is 26.2 Å². The summed E-state index contributed by atoms with van der Waals surface area (Å²) in [5.41, 5.74) is 24.1. The summed E-state index contributed by atoms with van der Waals surface area (Å²) in [6, 6.07) is 4.93. The molecule has 5 rings (SSSR count). The van der Waals surface area contributed by atoms with E-state index in [1.165, 1.54) is 11.8 Å². The van der Waals surface area contributed by atoms with Crippen LogP contribution in [0.4, 0.5) is 0 Å². The highest BCUT2D eigenvalue weighted by molar-refractivity contribution is 5.99. The van der Waals surface area contributed by atoms with Crippen LogP contribution in [0, 0.1) is 10.8 Å². The van der Waals surface area contributed by atoms with Crippen molar-refractivity contribution in [3.8, 4) is 0 Å². The fourth-order valence-corrected chi connectivity index (χ4v) is 9.55. The van der Waals surface area contributed by atoms with Crippen molar-refractivity contribution in [1.82, 2.24) is 63.1 Å². The Morgan fingerprint density at radius 1 is 0.659 bits per heavy atom. The zero-order valence-electron chi connectivity index (χ0n) is 45.7. The third-order valence-electron chi connectivity index (χ3n) is 13.8. The number of nitrogens with zero attached hydrogens (tertiary/aromatic N) is 1. The molecule has 82 heavy (non-hydrogen) atoms. The fourth-order valence-electron chi connectivity index (χ4n) is 9.55. The van der Waals surface area contributed by atoms with Crippen molar-refractivity contribution in [3.05, 3.63) is 71.9 Å². The average molecular weight is 1140 g/mol. The van der Waals surface area contributed by atoms with E-state index in [0.29, 0.717) is 17.5 Å². The number of rotatable bonds is 19. The first-order valence-electron chi connectivity index (χ1n) is 27.1. The van der Waals surface area contributed by atoms with E-state index in [1.54, 1.807) is 42.6 Å². The molecule has 11 amide bonds. The molecule has 2 saturated heterocycles. The first-order chi connectivity index (χ1) is 39.1. The maximum Gasteiger partial charge on any atom is 0.243 e. The summed E-state index contributed by atoms with van der Waals surface area (Å²) in [7, 11) is 0. The molecule has 2 aliphatic rings. The van der Waals surface area contributed by atoms with Crippen molar-refractivity contribution in [2.24, 2.45) is 22.9 Å². The smallest absolute Gasteiger partial charge is 0.243 e. The number of hydrogen-bond acceptors (Lipinski definition) is 13. The summed E-state index contributed by atoms with van der Waals surface area (Å²) in [4.78, 5) is 156. The van der Waals surface area contributed by atoms with E-state index in [1.807, 2.05) is 18.2 Å². The van der Waals surface area contributed by atoms with E-state index in [-0.39, 0.29) is 89.5 Å². The van der Waals surface area contributed by atoms with Crippen LogP contribution in [0.5, 0.6) is 0 Å². The summed E-state index contributed by atoms with van der Waals surface area (Å²) in [5.74, 6) is -9.61. The molecule has 0 aliphatic carbocycles. The molecule has 29 heteroatoms. The molecule has 2 aliphatic heterocycles. The molecule has 3 aromatic rings. The Labute approximate surface area is 472 Å². The van der Waals surface area contributed by atoms with Crippen LogP contribution in [0.1, 0.15) is 88.7 Å². The van der Waals surface area contributed by atoms with Crippen molar-refractivity contribution in [1.29, 1.82) is 10.8 Å². The van der Waals surface area contributed by atoms with Crippen LogP contribution in [0.15, 0.2) is 60.8 Å². The predicted molar refractivity (Wildman–Crippen MR) is 299 cm³/mol. The van der Waals surface area contributed by atoms with E-state index in [4.69, 9.17) is 33.8 Å².